The lowest BCUT2D eigenvalue weighted by Gasteiger charge is -2.09. The summed E-state index contributed by atoms with van der Waals surface area (Å²) >= 11 is 1.91. The van der Waals surface area contributed by atoms with Gasteiger partial charge in [-0.3, -0.25) is 13.9 Å². The number of benzene rings is 1. The van der Waals surface area contributed by atoms with Crippen molar-refractivity contribution in [2.45, 2.75) is 20.0 Å². The Morgan fingerprint density at radius 3 is 2.42 bits per heavy atom. The van der Waals surface area contributed by atoms with Gasteiger partial charge in [0.25, 0.3) is 5.56 Å². The van der Waals surface area contributed by atoms with Gasteiger partial charge in [-0.1, -0.05) is 12.1 Å². The van der Waals surface area contributed by atoms with E-state index in [1.165, 1.54) is 21.3 Å². The summed E-state index contributed by atoms with van der Waals surface area (Å²) in [6, 6.07) is 5.76. The van der Waals surface area contributed by atoms with Crippen LogP contribution < -0.4 is 11.2 Å². The van der Waals surface area contributed by atoms with Crippen molar-refractivity contribution < 1.29 is 4.39 Å². The third kappa shape index (κ3) is 2.94. The van der Waals surface area contributed by atoms with Crippen LogP contribution in [0.15, 0.2) is 40.1 Å². The molecule has 4 nitrogen and oxygen atoms in total. The highest BCUT2D eigenvalue weighted by Crippen LogP contribution is 2.04. The molecule has 1 aromatic carbocycles. The predicted octanol–water partition coefficient (Wildman–Crippen LogP) is 1.82. The Morgan fingerprint density at radius 1 is 1.21 bits per heavy atom. The summed E-state index contributed by atoms with van der Waals surface area (Å²) in [7, 11) is 0. The third-order valence-corrected chi connectivity index (χ3v) is 3.53. The van der Waals surface area contributed by atoms with Crippen LogP contribution in [0, 0.1) is 9.39 Å². The largest absolute Gasteiger partial charge is 0.331 e. The van der Waals surface area contributed by atoms with Crippen molar-refractivity contribution in [2.24, 2.45) is 0 Å². The first-order valence-electron chi connectivity index (χ1n) is 5.77. The second kappa shape index (κ2) is 5.68. The molecular weight excluding hydrogens is 362 g/mol. The summed E-state index contributed by atoms with van der Waals surface area (Å²) in [5, 5.41) is 0. The maximum atomic E-state index is 12.8. The Labute approximate surface area is 122 Å². The summed E-state index contributed by atoms with van der Waals surface area (Å²) in [5.74, 6) is -0.343. The van der Waals surface area contributed by atoms with E-state index in [-0.39, 0.29) is 23.6 Å². The molecule has 0 N–H and O–H groups in total. The van der Waals surface area contributed by atoms with E-state index in [1.54, 1.807) is 18.3 Å². The van der Waals surface area contributed by atoms with Crippen molar-refractivity contribution in [2.75, 3.05) is 0 Å². The lowest BCUT2D eigenvalue weighted by atomic mass is 10.2. The Bertz CT molecular complexity index is 704. The van der Waals surface area contributed by atoms with E-state index in [2.05, 4.69) is 0 Å². The molecule has 2 rings (SSSR count). The maximum Gasteiger partial charge on any atom is 0.331 e. The maximum absolute atomic E-state index is 12.8. The molecule has 0 aliphatic rings. The van der Waals surface area contributed by atoms with Crippen LogP contribution in [0.1, 0.15) is 12.5 Å². The molecule has 100 valence electrons. The number of nitrogens with zero attached hydrogens (tertiary/aromatic N) is 2. The summed E-state index contributed by atoms with van der Waals surface area (Å²) < 4.78 is 16.0. The van der Waals surface area contributed by atoms with Crippen molar-refractivity contribution in [1.82, 2.24) is 9.13 Å². The minimum atomic E-state index is -0.350. The molecule has 0 aliphatic heterocycles. The Morgan fingerprint density at radius 2 is 1.84 bits per heavy atom. The molecule has 0 radical (unpaired) electrons. The van der Waals surface area contributed by atoms with Crippen LogP contribution in [-0.2, 0) is 13.1 Å². The molecule has 0 bridgehead atoms. The molecule has 1 heterocycles. The molecule has 6 heteroatoms. The van der Waals surface area contributed by atoms with Gasteiger partial charge in [0.05, 0.1) is 10.1 Å². The molecule has 0 amide bonds. The van der Waals surface area contributed by atoms with Crippen molar-refractivity contribution in [1.29, 1.82) is 0 Å². The van der Waals surface area contributed by atoms with Gasteiger partial charge in [0.2, 0.25) is 0 Å². The standard InChI is InChI=1S/C13H12FIN2O2/c1-2-16-8-11(15)12(18)17(13(16)19)7-9-3-5-10(14)6-4-9/h3-6,8H,2,7H2,1H3. The molecule has 0 saturated heterocycles. The molecule has 0 saturated carbocycles. The van der Waals surface area contributed by atoms with Crippen LogP contribution in [0.25, 0.3) is 0 Å². The van der Waals surface area contributed by atoms with E-state index in [0.29, 0.717) is 15.7 Å². The van der Waals surface area contributed by atoms with E-state index in [0.717, 1.165) is 0 Å². The van der Waals surface area contributed by atoms with Crippen LogP contribution in [0.5, 0.6) is 0 Å². The van der Waals surface area contributed by atoms with Gasteiger partial charge in [-0.2, -0.15) is 0 Å². The fourth-order valence-electron chi connectivity index (χ4n) is 1.76. The van der Waals surface area contributed by atoms with E-state index < -0.39 is 0 Å². The van der Waals surface area contributed by atoms with Crippen molar-refractivity contribution in [3.8, 4) is 0 Å². The van der Waals surface area contributed by atoms with Crippen molar-refractivity contribution in [3.05, 3.63) is 66.3 Å². The van der Waals surface area contributed by atoms with Gasteiger partial charge in [0, 0.05) is 12.7 Å². The molecule has 0 spiro atoms. The highest BCUT2D eigenvalue weighted by molar-refractivity contribution is 14.1. The molecule has 2 aromatic rings. The zero-order chi connectivity index (χ0) is 14.0. The number of hydrogen-bond acceptors (Lipinski definition) is 2. The number of aryl methyl sites for hydroxylation is 1. The third-order valence-electron chi connectivity index (χ3n) is 2.79. The summed E-state index contributed by atoms with van der Waals surface area (Å²) in [6.45, 7) is 2.48. The van der Waals surface area contributed by atoms with E-state index in [4.69, 9.17) is 0 Å². The van der Waals surface area contributed by atoms with Gasteiger partial charge < -0.3 is 0 Å². The minimum Gasteiger partial charge on any atom is -0.300 e. The quantitative estimate of drug-likeness (QED) is 0.770. The number of rotatable bonds is 3. The van der Waals surface area contributed by atoms with Crippen molar-refractivity contribution in [3.63, 3.8) is 0 Å². The SMILES string of the molecule is CCn1cc(I)c(=O)n(Cc2ccc(F)cc2)c1=O. The second-order valence-electron chi connectivity index (χ2n) is 4.06. The van der Waals surface area contributed by atoms with Gasteiger partial charge in [-0.15, -0.1) is 0 Å². The second-order valence-corrected chi connectivity index (χ2v) is 5.23. The Balaban J connectivity index is 2.50. The van der Waals surface area contributed by atoms with Crippen LogP contribution in [-0.4, -0.2) is 9.13 Å². The molecule has 1 aromatic heterocycles. The van der Waals surface area contributed by atoms with Gasteiger partial charge in [-0.05, 0) is 47.2 Å². The first-order valence-corrected chi connectivity index (χ1v) is 6.85. The molecule has 0 aliphatic carbocycles. The highest BCUT2D eigenvalue weighted by Gasteiger charge is 2.09. The minimum absolute atomic E-state index is 0.148. The average molecular weight is 374 g/mol. The topological polar surface area (TPSA) is 44.0 Å². The fraction of sp³-hybridized carbons (Fsp3) is 0.231. The van der Waals surface area contributed by atoms with Gasteiger partial charge in [0.15, 0.2) is 0 Å². The predicted molar refractivity (Wildman–Crippen MR) is 78.9 cm³/mol. The average Bonchev–Trinajstić information content (AvgIpc) is 2.41. The van der Waals surface area contributed by atoms with E-state index >= 15 is 0 Å². The zero-order valence-corrected chi connectivity index (χ0v) is 12.4. The van der Waals surface area contributed by atoms with Crippen molar-refractivity contribution >= 4 is 22.6 Å². The summed E-state index contributed by atoms with van der Waals surface area (Å²) in [4.78, 5) is 24.1. The normalized spacial score (nSPS) is 10.7. The summed E-state index contributed by atoms with van der Waals surface area (Å²) in [6.07, 6.45) is 1.55. The highest BCUT2D eigenvalue weighted by atomic mass is 127. The van der Waals surface area contributed by atoms with Crippen LogP contribution in [0.3, 0.4) is 0 Å². The first kappa shape index (κ1) is 14.0. The van der Waals surface area contributed by atoms with Crippen LogP contribution >= 0.6 is 22.6 Å². The van der Waals surface area contributed by atoms with Gasteiger partial charge >= 0.3 is 5.69 Å². The molecule has 0 atom stereocenters. The molecule has 0 unspecified atom stereocenters. The van der Waals surface area contributed by atoms with E-state index in [1.807, 2.05) is 29.5 Å². The molecule has 19 heavy (non-hydrogen) atoms. The molecular formula is C13H12FIN2O2. The summed E-state index contributed by atoms with van der Waals surface area (Å²) in [5.41, 5.74) is 0.0436. The number of halogens is 2. The monoisotopic (exact) mass is 374 g/mol. The smallest absolute Gasteiger partial charge is 0.300 e. The Kier molecular flexibility index (Phi) is 4.18. The lowest BCUT2D eigenvalue weighted by molar-refractivity contribution is 0.592. The van der Waals surface area contributed by atoms with Crippen LogP contribution in [0.2, 0.25) is 0 Å². The lowest BCUT2D eigenvalue weighted by Crippen LogP contribution is -2.40. The zero-order valence-electron chi connectivity index (χ0n) is 10.3. The van der Waals surface area contributed by atoms with E-state index in [9.17, 15) is 14.0 Å². The fourth-order valence-corrected chi connectivity index (χ4v) is 2.38. The number of aromatic nitrogens is 2. The van der Waals surface area contributed by atoms with Gasteiger partial charge in [0.1, 0.15) is 5.82 Å². The van der Waals surface area contributed by atoms with Crippen LogP contribution in [0.4, 0.5) is 4.39 Å². The number of hydrogen-bond donors (Lipinski definition) is 0. The Hall–Kier alpha value is -1.44. The van der Waals surface area contributed by atoms with Gasteiger partial charge in [-0.25, -0.2) is 9.18 Å². The first-order chi connectivity index (χ1) is 9.02. The molecule has 0 fully saturated rings.